The average molecular weight is 291 g/mol. The van der Waals surface area contributed by atoms with E-state index in [1.165, 1.54) is 6.07 Å². The third kappa shape index (κ3) is 5.04. The van der Waals surface area contributed by atoms with E-state index in [-0.39, 0.29) is 11.7 Å². The van der Waals surface area contributed by atoms with Gasteiger partial charge in [0.25, 0.3) is 5.69 Å². The lowest BCUT2D eigenvalue weighted by Crippen LogP contribution is -2.29. The number of aryl methyl sites for hydroxylation is 2. The SMILES string of the molecule is CCCNC(C#N)CCOc1cc([N+](=O)[O-])c(C)cc1C. The number of nitro benzene ring substituents is 1. The van der Waals surface area contributed by atoms with Crippen LogP contribution in [0.3, 0.4) is 0 Å². The number of nitrogens with one attached hydrogen (secondary N) is 1. The first kappa shape index (κ1) is 16.9. The quantitative estimate of drug-likeness (QED) is 0.587. The Bertz CT molecular complexity index is 538. The normalized spacial score (nSPS) is 11.7. The number of hydrogen-bond acceptors (Lipinski definition) is 5. The van der Waals surface area contributed by atoms with Crippen molar-refractivity contribution in [3.8, 4) is 11.8 Å². The van der Waals surface area contributed by atoms with E-state index in [4.69, 9.17) is 10.00 Å². The van der Waals surface area contributed by atoms with Gasteiger partial charge in [-0.25, -0.2) is 0 Å². The summed E-state index contributed by atoms with van der Waals surface area (Å²) in [4.78, 5) is 10.5. The molecule has 0 aliphatic heterocycles. The molecule has 0 amide bonds. The molecule has 0 aliphatic carbocycles. The minimum Gasteiger partial charge on any atom is -0.493 e. The van der Waals surface area contributed by atoms with Crippen LogP contribution in [0.15, 0.2) is 12.1 Å². The highest BCUT2D eigenvalue weighted by atomic mass is 16.6. The van der Waals surface area contributed by atoms with Gasteiger partial charge in [0.1, 0.15) is 5.75 Å². The first-order valence-corrected chi connectivity index (χ1v) is 7.01. The van der Waals surface area contributed by atoms with Crippen LogP contribution in [0.1, 0.15) is 30.9 Å². The van der Waals surface area contributed by atoms with E-state index in [0.717, 1.165) is 18.5 Å². The molecule has 0 spiro atoms. The van der Waals surface area contributed by atoms with Crippen LogP contribution < -0.4 is 10.1 Å². The minimum atomic E-state index is -0.414. The Morgan fingerprint density at radius 3 is 2.71 bits per heavy atom. The number of benzene rings is 1. The molecule has 114 valence electrons. The van der Waals surface area contributed by atoms with Gasteiger partial charge in [0.15, 0.2) is 0 Å². The van der Waals surface area contributed by atoms with Crippen molar-refractivity contribution in [1.82, 2.24) is 5.32 Å². The van der Waals surface area contributed by atoms with E-state index < -0.39 is 4.92 Å². The summed E-state index contributed by atoms with van der Waals surface area (Å²) in [6.07, 6.45) is 1.50. The van der Waals surface area contributed by atoms with E-state index in [0.29, 0.717) is 24.3 Å². The molecule has 1 aromatic rings. The number of ether oxygens (including phenoxy) is 1. The van der Waals surface area contributed by atoms with E-state index in [2.05, 4.69) is 11.4 Å². The molecule has 0 saturated heterocycles. The number of hydrogen-bond donors (Lipinski definition) is 1. The minimum absolute atomic E-state index is 0.0524. The number of nitrogens with zero attached hydrogens (tertiary/aromatic N) is 2. The van der Waals surface area contributed by atoms with Crippen LogP contribution >= 0.6 is 0 Å². The van der Waals surface area contributed by atoms with Crippen LogP contribution in [-0.2, 0) is 0 Å². The molecule has 0 radical (unpaired) electrons. The summed E-state index contributed by atoms with van der Waals surface area (Å²) in [5.74, 6) is 0.500. The number of rotatable bonds is 8. The fourth-order valence-electron chi connectivity index (χ4n) is 1.99. The molecule has 1 N–H and O–H groups in total. The molecule has 0 aromatic heterocycles. The van der Waals surface area contributed by atoms with Gasteiger partial charge >= 0.3 is 0 Å². The van der Waals surface area contributed by atoms with E-state index in [1.807, 2.05) is 13.8 Å². The predicted molar refractivity (Wildman–Crippen MR) is 80.4 cm³/mol. The van der Waals surface area contributed by atoms with Gasteiger partial charge in [0, 0.05) is 12.0 Å². The molecule has 21 heavy (non-hydrogen) atoms. The summed E-state index contributed by atoms with van der Waals surface area (Å²) >= 11 is 0. The highest BCUT2D eigenvalue weighted by Crippen LogP contribution is 2.28. The molecule has 1 unspecified atom stereocenters. The lowest BCUT2D eigenvalue weighted by Gasteiger charge is -2.13. The van der Waals surface area contributed by atoms with Crippen LogP contribution in [0.5, 0.6) is 5.75 Å². The molecular weight excluding hydrogens is 270 g/mol. The molecule has 6 nitrogen and oxygen atoms in total. The summed E-state index contributed by atoms with van der Waals surface area (Å²) in [5, 5.41) is 23.0. The molecule has 1 rings (SSSR count). The van der Waals surface area contributed by atoms with Gasteiger partial charge in [-0.2, -0.15) is 5.26 Å². The van der Waals surface area contributed by atoms with Gasteiger partial charge in [-0.3, -0.25) is 10.1 Å². The highest BCUT2D eigenvalue weighted by molar-refractivity contribution is 5.49. The molecule has 0 fully saturated rings. The van der Waals surface area contributed by atoms with Crippen molar-refractivity contribution in [3.05, 3.63) is 33.4 Å². The third-order valence-electron chi connectivity index (χ3n) is 3.15. The van der Waals surface area contributed by atoms with E-state index in [9.17, 15) is 10.1 Å². The van der Waals surface area contributed by atoms with Crippen molar-refractivity contribution < 1.29 is 9.66 Å². The van der Waals surface area contributed by atoms with Crippen molar-refractivity contribution >= 4 is 5.69 Å². The van der Waals surface area contributed by atoms with Crippen molar-refractivity contribution in [2.45, 2.75) is 39.7 Å². The van der Waals surface area contributed by atoms with Gasteiger partial charge in [-0.05, 0) is 38.4 Å². The van der Waals surface area contributed by atoms with Crippen molar-refractivity contribution in [1.29, 1.82) is 5.26 Å². The van der Waals surface area contributed by atoms with Gasteiger partial charge in [0.2, 0.25) is 0 Å². The van der Waals surface area contributed by atoms with E-state index >= 15 is 0 Å². The molecule has 0 heterocycles. The largest absolute Gasteiger partial charge is 0.493 e. The fourth-order valence-corrected chi connectivity index (χ4v) is 1.99. The Hall–Kier alpha value is -2.13. The van der Waals surface area contributed by atoms with E-state index in [1.54, 1.807) is 13.0 Å². The lowest BCUT2D eigenvalue weighted by molar-refractivity contribution is -0.385. The summed E-state index contributed by atoms with van der Waals surface area (Å²) in [6, 6.07) is 5.11. The zero-order chi connectivity index (χ0) is 15.8. The van der Waals surface area contributed by atoms with Crippen LogP contribution in [0.25, 0.3) is 0 Å². The Balaban J connectivity index is 2.65. The van der Waals surface area contributed by atoms with Crippen LogP contribution in [0, 0.1) is 35.3 Å². The average Bonchev–Trinajstić information content (AvgIpc) is 2.44. The Morgan fingerprint density at radius 2 is 2.14 bits per heavy atom. The van der Waals surface area contributed by atoms with Crippen LogP contribution in [0.4, 0.5) is 5.69 Å². The molecule has 6 heteroatoms. The van der Waals surface area contributed by atoms with Crippen LogP contribution in [0.2, 0.25) is 0 Å². The molecule has 0 aliphatic rings. The van der Waals surface area contributed by atoms with Gasteiger partial charge in [0.05, 0.1) is 29.7 Å². The number of nitro groups is 1. The first-order valence-electron chi connectivity index (χ1n) is 7.01. The molecule has 0 saturated carbocycles. The van der Waals surface area contributed by atoms with Gasteiger partial charge in [-0.1, -0.05) is 6.92 Å². The predicted octanol–water partition coefficient (Wildman–Crippen LogP) is 2.87. The third-order valence-corrected chi connectivity index (χ3v) is 3.15. The molecule has 0 bridgehead atoms. The maximum absolute atomic E-state index is 10.9. The van der Waals surface area contributed by atoms with Crippen molar-refractivity contribution in [2.24, 2.45) is 0 Å². The Labute approximate surface area is 124 Å². The maximum Gasteiger partial charge on any atom is 0.276 e. The van der Waals surface area contributed by atoms with Gasteiger partial charge < -0.3 is 10.1 Å². The first-order chi connectivity index (χ1) is 9.99. The zero-order valence-corrected chi connectivity index (χ0v) is 12.7. The topological polar surface area (TPSA) is 88.2 Å². The highest BCUT2D eigenvalue weighted by Gasteiger charge is 2.15. The monoisotopic (exact) mass is 291 g/mol. The lowest BCUT2D eigenvalue weighted by atomic mass is 10.1. The summed E-state index contributed by atoms with van der Waals surface area (Å²) < 4.78 is 5.60. The second-order valence-electron chi connectivity index (χ2n) is 4.93. The van der Waals surface area contributed by atoms with Gasteiger partial charge in [-0.15, -0.1) is 0 Å². The smallest absolute Gasteiger partial charge is 0.276 e. The fraction of sp³-hybridized carbons (Fsp3) is 0.533. The molecule has 1 aromatic carbocycles. The zero-order valence-electron chi connectivity index (χ0n) is 12.7. The van der Waals surface area contributed by atoms with Crippen molar-refractivity contribution in [3.63, 3.8) is 0 Å². The second kappa shape index (κ2) is 8.22. The Morgan fingerprint density at radius 1 is 1.43 bits per heavy atom. The number of nitriles is 1. The van der Waals surface area contributed by atoms with Crippen molar-refractivity contribution in [2.75, 3.05) is 13.2 Å². The summed E-state index contributed by atoms with van der Waals surface area (Å²) in [5.41, 5.74) is 1.52. The maximum atomic E-state index is 10.9. The standard InChI is InChI=1S/C15H21N3O3/c1-4-6-17-13(10-16)5-7-21-15-9-14(18(19)20)11(2)8-12(15)3/h8-9,13,17H,4-7H2,1-3H3. The molecule has 1 atom stereocenters. The molecular formula is C15H21N3O3. The Kier molecular flexibility index (Phi) is 6.63. The second-order valence-corrected chi connectivity index (χ2v) is 4.93. The summed E-state index contributed by atoms with van der Waals surface area (Å²) in [7, 11) is 0. The van der Waals surface area contributed by atoms with Crippen LogP contribution in [-0.4, -0.2) is 24.1 Å². The summed E-state index contributed by atoms with van der Waals surface area (Å²) in [6.45, 7) is 6.72.